The number of hydrogen-bond donors (Lipinski definition) is 2. The molecule has 0 aliphatic rings. The lowest BCUT2D eigenvalue weighted by molar-refractivity contribution is 0.158. The van der Waals surface area contributed by atoms with Gasteiger partial charge in [0.25, 0.3) is 0 Å². The van der Waals surface area contributed by atoms with Gasteiger partial charge in [-0.2, -0.15) is 0 Å². The molecule has 1 aromatic heterocycles. The average molecular weight is 293 g/mol. The molecular formula is C11H18Cl2N4O. The Morgan fingerprint density at radius 2 is 2.06 bits per heavy atom. The predicted octanol–water partition coefficient (Wildman–Crippen LogP) is 2.64. The number of nitrogens with zero attached hydrogens (tertiary/aromatic N) is 2. The first-order chi connectivity index (χ1) is 8.60. The van der Waals surface area contributed by atoms with E-state index in [1.807, 2.05) is 13.8 Å². The van der Waals surface area contributed by atoms with Gasteiger partial charge in [-0.3, -0.25) is 0 Å². The van der Waals surface area contributed by atoms with Crippen molar-refractivity contribution in [2.45, 2.75) is 26.3 Å². The first kappa shape index (κ1) is 15.4. The van der Waals surface area contributed by atoms with Gasteiger partial charge in [0.05, 0.1) is 18.0 Å². The van der Waals surface area contributed by atoms with Crippen molar-refractivity contribution in [1.82, 2.24) is 9.97 Å². The molecule has 0 aliphatic carbocycles. The van der Waals surface area contributed by atoms with Crippen molar-refractivity contribution in [2.24, 2.45) is 5.73 Å². The SMILES string of the molecule is CCOCCNc1c(Cl)nc(Cl)nc1C(N)CC. The minimum Gasteiger partial charge on any atom is -0.380 e. The summed E-state index contributed by atoms with van der Waals surface area (Å²) in [6, 6.07) is -0.224. The van der Waals surface area contributed by atoms with Gasteiger partial charge in [0, 0.05) is 19.2 Å². The van der Waals surface area contributed by atoms with E-state index in [9.17, 15) is 0 Å². The lowest BCUT2D eigenvalue weighted by Gasteiger charge is -2.16. The summed E-state index contributed by atoms with van der Waals surface area (Å²) >= 11 is 11.8. The molecular weight excluding hydrogens is 275 g/mol. The predicted molar refractivity (Wildman–Crippen MR) is 74.3 cm³/mol. The van der Waals surface area contributed by atoms with Crippen molar-refractivity contribution in [3.8, 4) is 0 Å². The molecule has 0 spiro atoms. The largest absolute Gasteiger partial charge is 0.380 e. The molecule has 0 radical (unpaired) electrons. The van der Waals surface area contributed by atoms with E-state index < -0.39 is 0 Å². The third-order valence-corrected chi connectivity index (χ3v) is 2.85. The summed E-state index contributed by atoms with van der Waals surface area (Å²) in [5, 5.41) is 3.53. The first-order valence-corrected chi connectivity index (χ1v) is 6.65. The smallest absolute Gasteiger partial charge is 0.224 e. The van der Waals surface area contributed by atoms with Crippen LogP contribution in [0.2, 0.25) is 10.4 Å². The Hall–Kier alpha value is -0.620. The van der Waals surface area contributed by atoms with Gasteiger partial charge in [-0.1, -0.05) is 18.5 Å². The van der Waals surface area contributed by atoms with Crippen LogP contribution in [0.4, 0.5) is 5.69 Å². The van der Waals surface area contributed by atoms with Crippen LogP contribution in [0.1, 0.15) is 32.0 Å². The summed E-state index contributed by atoms with van der Waals surface area (Å²) in [5.74, 6) is 0. The Morgan fingerprint density at radius 1 is 1.33 bits per heavy atom. The van der Waals surface area contributed by atoms with Gasteiger partial charge < -0.3 is 15.8 Å². The molecule has 0 saturated carbocycles. The molecule has 102 valence electrons. The standard InChI is InChI=1S/C11H18Cl2N4O/c1-3-7(14)8-9(15-5-6-18-4-2)10(12)17-11(13)16-8/h7,15H,3-6,14H2,1-2H3. The fourth-order valence-corrected chi connectivity index (χ4v) is 1.90. The third-order valence-electron chi connectivity index (χ3n) is 2.41. The lowest BCUT2D eigenvalue weighted by Crippen LogP contribution is -2.18. The van der Waals surface area contributed by atoms with Gasteiger partial charge in [-0.05, 0) is 24.9 Å². The number of ether oxygens (including phenoxy) is 1. The molecule has 18 heavy (non-hydrogen) atoms. The minimum atomic E-state index is -0.224. The Labute approximate surface area is 117 Å². The van der Waals surface area contributed by atoms with Crippen molar-refractivity contribution < 1.29 is 4.74 Å². The number of rotatable bonds is 7. The number of anilines is 1. The highest BCUT2D eigenvalue weighted by Crippen LogP contribution is 2.29. The number of halogens is 2. The van der Waals surface area contributed by atoms with Crippen molar-refractivity contribution in [2.75, 3.05) is 25.1 Å². The Kier molecular flexibility index (Phi) is 6.63. The molecule has 1 aromatic rings. The van der Waals surface area contributed by atoms with E-state index in [1.165, 1.54) is 0 Å². The van der Waals surface area contributed by atoms with Crippen LogP contribution >= 0.6 is 23.2 Å². The number of nitrogens with two attached hydrogens (primary N) is 1. The molecule has 0 saturated heterocycles. The van der Waals surface area contributed by atoms with E-state index in [4.69, 9.17) is 33.7 Å². The van der Waals surface area contributed by atoms with Crippen LogP contribution in [-0.2, 0) is 4.74 Å². The topological polar surface area (TPSA) is 73.1 Å². The normalized spacial score (nSPS) is 12.5. The average Bonchev–Trinajstić information content (AvgIpc) is 2.35. The van der Waals surface area contributed by atoms with Crippen LogP contribution < -0.4 is 11.1 Å². The summed E-state index contributed by atoms with van der Waals surface area (Å²) in [6.45, 7) is 5.78. The van der Waals surface area contributed by atoms with E-state index in [-0.39, 0.29) is 16.5 Å². The maximum Gasteiger partial charge on any atom is 0.224 e. The summed E-state index contributed by atoms with van der Waals surface area (Å²) in [6.07, 6.45) is 0.740. The van der Waals surface area contributed by atoms with E-state index >= 15 is 0 Å². The monoisotopic (exact) mass is 292 g/mol. The Bertz CT molecular complexity index is 390. The van der Waals surface area contributed by atoms with Gasteiger partial charge >= 0.3 is 0 Å². The van der Waals surface area contributed by atoms with Crippen LogP contribution in [0, 0.1) is 0 Å². The van der Waals surface area contributed by atoms with E-state index in [0.29, 0.717) is 31.1 Å². The quantitative estimate of drug-likeness (QED) is 0.459. The van der Waals surface area contributed by atoms with E-state index in [0.717, 1.165) is 6.42 Å². The molecule has 1 heterocycles. The molecule has 0 aliphatic heterocycles. The van der Waals surface area contributed by atoms with Crippen LogP contribution in [-0.4, -0.2) is 29.7 Å². The second-order valence-corrected chi connectivity index (χ2v) is 4.38. The molecule has 0 aromatic carbocycles. The van der Waals surface area contributed by atoms with Crippen molar-refractivity contribution >= 4 is 28.9 Å². The summed E-state index contributed by atoms with van der Waals surface area (Å²) in [7, 11) is 0. The lowest BCUT2D eigenvalue weighted by atomic mass is 10.1. The van der Waals surface area contributed by atoms with Crippen LogP contribution in [0.15, 0.2) is 0 Å². The molecule has 5 nitrogen and oxygen atoms in total. The zero-order valence-electron chi connectivity index (χ0n) is 10.5. The third kappa shape index (κ3) is 4.24. The molecule has 0 fully saturated rings. The zero-order valence-corrected chi connectivity index (χ0v) is 12.1. The van der Waals surface area contributed by atoms with Gasteiger partial charge in [0.15, 0.2) is 5.15 Å². The second-order valence-electron chi connectivity index (χ2n) is 3.68. The maximum atomic E-state index is 6.05. The molecule has 3 N–H and O–H groups in total. The van der Waals surface area contributed by atoms with Crippen molar-refractivity contribution in [3.63, 3.8) is 0 Å². The highest BCUT2D eigenvalue weighted by atomic mass is 35.5. The first-order valence-electron chi connectivity index (χ1n) is 5.90. The minimum absolute atomic E-state index is 0.106. The Balaban J connectivity index is 2.86. The highest BCUT2D eigenvalue weighted by Gasteiger charge is 2.16. The maximum absolute atomic E-state index is 6.05. The fraction of sp³-hybridized carbons (Fsp3) is 0.636. The summed E-state index contributed by atoms with van der Waals surface area (Å²) < 4.78 is 5.24. The van der Waals surface area contributed by atoms with Crippen LogP contribution in [0.25, 0.3) is 0 Å². The number of hydrogen-bond acceptors (Lipinski definition) is 5. The van der Waals surface area contributed by atoms with E-state index in [1.54, 1.807) is 0 Å². The van der Waals surface area contributed by atoms with Crippen LogP contribution in [0.3, 0.4) is 0 Å². The van der Waals surface area contributed by atoms with Crippen molar-refractivity contribution in [3.05, 3.63) is 16.1 Å². The fourth-order valence-electron chi connectivity index (χ4n) is 1.44. The molecule has 1 unspecified atom stereocenters. The molecule has 0 bridgehead atoms. The van der Waals surface area contributed by atoms with Gasteiger partial charge in [0.1, 0.15) is 0 Å². The summed E-state index contributed by atoms with van der Waals surface area (Å²) in [5.41, 5.74) is 7.26. The highest BCUT2D eigenvalue weighted by molar-refractivity contribution is 6.33. The molecule has 1 atom stereocenters. The van der Waals surface area contributed by atoms with Crippen LogP contribution in [0.5, 0.6) is 0 Å². The van der Waals surface area contributed by atoms with Gasteiger partial charge in [-0.15, -0.1) is 0 Å². The van der Waals surface area contributed by atoms with Gasteiger partial charge in [-0.25, -0.2) is 9.97 Å². The van der Waals surface area contributed by atoms with Crippen molar-refractivity contribution in [1.29, 1.82) is 0 Å². The molecule has 1 rings (SSSR count). The second kappa shape index (κ2) is 7.74. The molecule has 0 amide bonds. The number of aromatic nitrogens is 2. The Morgan fingerprint density at radius 3 is 2.67 bits per heavy atom. The number of nitrogens with one attached hydrogen (secondary N) is 1. The van der Waals surface area contributed by atoms with E-state index in [2.05, 4.69) is 15.3 Å². The van der Waals surface area contributed by atoms with Gasteiger partial charge in [0.2, 0.25) is 5.28 Å². The zero-order chi connectivity index (χ0) is 13.5. The molecule has 7 heteroatoms. The summed E-state index contributed by atoms with van der Waals surface area (Å²) in [4.78, 5) is 8.06.